The molecule has 0 amide bonds. The van der Waals surface area contributed by atoms with Gasteiger partial charge < -0.3 is 4.90 Å². The van der Waals surface area contributed by atoms with Crippen molar-refractivity contribution in [3.05, 3.63) is 28.8 Å². The van der Waals surface area contributed by atoms with Crippen LogP contribution in [0.1, 0.15) is 18.4 Å². The van der Waals surface area contributed by atoms with E-state index in [-0.39, 0.29) is 11.8 Å². The summed E-state index contributed by atoms with van der Waals surface area (Å²) in [5, 5.41) is 9.27. The second kappa shape index (κ2) is 6.00. The Kier molecular flexibility index (Phi) is 4.53. The topological polar surface area (TPSA) is 73.2 Å². The monoisotopic (exact) mass is 313 g/mol. The Morgan fingerprint density at radius 3 is 2.90 bits per heavy atom. The van der Waals surface area contributed by atoms with E-state index in [1.54, 1.807) is 12.1 Å². The number of hydrogen-bond donors (Lipinski definition) is 1. The summed E-state index contributed by atoms with van der Waals surface area (Å²) in [5.41, 5.74) is 1.29. The van der Waals surface area contributed by atoms with Gasteiger partial charge in [0.1, 0.15) is 6.07 Å². The van der Waals surface area contributed by atoms with Gasteiger partial charge in [-0.05, 0) is 38.1 Å². The van der Waals surface area contributed by atoms with Gasteiger partial charge in [0.2, 0.25) is 10.0 Å². The van der Waals surface area contributed by atoms with Gasteiger partial charge in [-0.2, -0.15) is 5.26 Å². The molecule has 0 unspecified atom stereocenters. The first-order valence-electron chi connectivity index (χ1n) is 6.34. The number of nitrogens with zero attached hydrogens (tertiary/aromatic N) is 2. The second-order valence-corrected chi connectivity index (χ2v) is 7.13. The number of nitriles is 1. The highest BCUT2D eigenvalue weighted by atomic mass is 35.5. The molecule has 1 aliphatic heterocycles. The average molecular weight is 314 g/mol. The third-order valence-corrected chi connectivity index (χ3v) is 5.26. The lowest BCUT2D eigenvalue weighted by molar-refractivity contribution is 0.578. The van der Waals surface area contributed by atoms with Gasteiger partial charge in [-0.3, -0.25) is 0 Å². The highest BCUT2D eigenvalue weighted by Crippen LogP contribution is 2.29. The zero-order valence-electron chi connectivity index (χ0n) is 11.1. The summed E-state index contributed by atoms with van der Waals surface area (Å²) in [6, 6.07) is 7.16. The van der Waals surface area contributed by atoms with E-state index in [2.05, 4.69) is 4.72 Å². The van der Waals surface area contributed by atoms with Gasteiger partial charge in [-0.1, -0.05) is 11.6 Å². The molecule has 1 atom stereocenters. The van der Waals surface area contributed by atoms with Crippen molar-refractivity contribution in [2.45, 2.75) is 18.9 Å². The second-order valence-electron chi connectivity index (χ2n) is 4.75. The van der Waals surface area contributed by atoms with Crippen LogP contribution >= 0.6 is 11.6 Å². The van der Waals surface area contributed by atoms with Crippen molar-refractivity contribution in [3.63, 3.8) is 0 Å². The van der Waals surface area contributed by atoms with E-state index in [0.29, 0.717) is 10.6 Å². The smallest absolute Gasteiger partial charge is 0.213 e. The third kappa shape index (κ3) is 3.23. The minimum atomic E-state index is -3.24. The molecule has 7 heteroatoms. The fraction of sp³-hybridized carbons (Fsp3) is 0.462. The van der Waals surface area contributed by atoms with E-state index in [4.69, 9.17) is 16.9 Å². The standard InChI is InChI=1S/C13H16ClN3O2S/c1-16-20(18,19)9-12-3-2-6-17(12)11-5-4-10(8-15)13(14)7-11/h4-5,7,12,16H,2-3,6,9H2,1H3/t12-/m0/s1. The maximum absolute atomic E-state index is 11.7. The molecule has 5 nitrogen and oxygen atoms in total. The first-order valence-corrected chi connectivity index (χ1v) is 8.37. The number of hydrogen-bond acceptors (Lipinski definition) is 4. The van der Waals surface area contributed by atoms with Crippen LogP contribution in [0.15, 0.2) is 18.2 Å². The molecule has 0 aliphatic carbocycles. The first kappa shape index (κ1) is 15.1. The Morgan fingerprint density at radius 1 is 1.55 bits per heavy atom. The SMILES string of the molecule is CNS(=O)(=O)C[C@@H]1CCCN1c1ccc(C#N)c(Cl)c1. The molecule has 108 valence electrons. The third-order valence-electron chi connectivity index (χ3n) is 3.50. The average Bonchev–Trinajstić information content (AvgIpc) is 2.86. The van der Waals surface area contributed by atoms with E-state index in [0.717, 1.165) is 25.1 Å². The first-order chi connectivity index (χ1) is 9.46. The number of nitrogens with one attached hydrogen (secondary N) is 1. The van der Waals surface area contributed by atoms with Crippen LogP contribution in [0.2, 0.25) is 5.02 Å². The van der Waals surface area contributed by atoms with E-state index < -0.39 is 10.0 Å². The minimum Gasteiger partial charge on any atom is -0.367 e. The quantitative estimate of drug-likeness (QED) is 0.918. The summed E-state index contributed by atoms with van der Waals surface area (Å²) < 4.78 is 25.7. The van der Waals surface area contributed by atoms with Crippen molar-refractivity contribution < 1.29 is 8.42 Å². The molecular formula is C13H16ClN3O2S. The van der Waals surface area contributed by atoms with E-state index in [1.807, 2.05) is 17.0 Å². The number of rotatable bonds is 4. The number of benzene rings is 1. The maximum Gasteiger partial charge on any atom is 0.213 e. The van der Waals surface area contributed by atoms with E-state index in [9.17, 15) is 8.42 Å². The molecule has 2 rings (SSSR count). The van der Waals surface area contributed by atoms with Crippen molar-refractivity contribution in [1.82, 2.24) is 4.72 Å². The fourth-order valence-electron chi connectivity index (χ4n) is 2.46. The molecular weight excluding hydrogens is 298 g/mol. The number of anilines is 1. The van der Waals surface area contributed by atoms with Crippen LogP contribution in [0.3, 0.4) is 0 Å². The molecule has 0 aromatic heterocycles. The summed E-state index contributed by atoms with van der Waals surface area (Å²) in [7, 11) is -1.82. The van der Waals surface area contributed by atoms with Crippen LogP contribution < -0.4 is 9.62 Å². The molecule has 1 fully saturated rings. The Labute approximate surface area is 124 Å². The van der Waals surface area contributed by atoms with Crippen molar-refractivity contribution in [1.29, 1.82) is 5.26 Å². The van der Waals surface area contributed by atoms with Crippen LogP contribution in [0.4, 0.5) is 5.69 Å². The zero-order chi connectivity index (χ0) is 14.8. The van der Waals surface area contributed by atoms with Crippen LogP contribution in [0.5, 0.6) is 0 Å². The lowest BCUT2D eigenvalue weighted by Gasteiger charge is -2.26. The molecule has 0 saturated carbocycles. The Hall–Kier alpha value is -1.29. The molecule has 1 N–H and O–H groups in total. The van der Waals surface area contributed by atoms with E-state index >= 15 is 0 Å². The van der Waals surface area contributed by atoms with Crippen LogP contribution in [-0.2, 0) is 10.0 Å². The molecule has 1 saturated heterocycles. The van der Waals surface area contributed by atoms with Crippen molar-refractivity contribution in [3.8, 4) is 6.07 Å². The van der Waals surface area contributed by atoms with Crippen molar-refractivity contribution >= 4 is 27.3 Å². The molecule has 20 heavy (non-hydrogen) atoms. The van der Waals surface area contributed by atoms with Crippen LogP contribution in [0, 0.1) is 11.3 Å². The van der Waals surface area contributed by atoms with Gasteiger partial charge in [-0.25, -0.2) is 13.1 Å². The van der Waals surface area contributed by atoms with Crippen LogP contribution in [0.25, 0.3) is 0 Å². The van der Waals surface area contributed by atoms with Gasteiger partial charge in [0.15, 0.2) is 0 Å². The van der Waals surface area contributed by atoms with Gasteiger partial charge in [0.25, 0.3) is 0 Å². The van der Waals surface area contributed by atoms with Crippen molar-refractivity contribution in [2.24, 2.45) is 0 Å². The molecule has 0 bridgehead atoms. The van der Waals surface area contributed by atoms with E-state index in [1.165, 1.54) is 7.05 Å². The van der Waals surface area contributed by atoms with Gasteiger partial charge in [0.05, 0.1) is 16.3 Å². The lowest BCUT2D eigenvalue weighted by Crippen LogP contribution is -2.38. The Morgan fingerprint density at radius 2 is 2.30 bits per heavy atom. The Bertz CT molecular complexity index is 640. The van der Waals surface area contributed by atoms with Gasteiger partial charge >= 0.3 is 0 Å². The minimum absolute atomic E-state index is 0.0588. The summed E-state index contributed by atoms with van der Waals surface area (Å²) in [6.07, 6.45) is 1.78. The summed E-state index contributed by atoms with van der Waals surface area (Å²) >= 11 is 6.04. The van der Waals surface area contributed by atoms with Crippen molar-refractivity contribution in [2.75, 3.05) is 24.2 Å². The zero-order valence-corrected chi connectivity index (χ0v) is 12.7. The molecule has 0 radical (unpaired) electrons. The number of sulfonamides is 1. The highest BCUT2D eigenvalue weighted by Gasteiger charge is 2.29. The molecule has 1 aromatic carbocycles. The van der Waals surface area contributed by atoms with Gasteiger partial charge in [-0.15, -0.1) is 0 Å². The molecule has 1 aliphatic rings. The normalized spacial score (nSPS) is 19.1. The predicted molar refractivity (Wildman–Crippen MR) is 79.4 cm³/mol. The fourth-order valence-corrected chi connectivity index (χ4v) is 3.70. The highest BCUT2D eigenvalue weighted by molar-refractivity contribution is 7.89. The lowest BCUT2D eigenvalue weighted by atomic mass is 10.2. The predicted octanol–water partition coefficient (Wildman–Crippen LogP) is 1.73. The molecule has 0 spiro atoms. The largest absolute Gasteiger partial charge is 0.367 e. The molecule has 1 aromatic rings. The summed E-state index contributed by atoms with van der Waals surface area (Å²) in [4.78, 5) is 2.04. The Balaban J connectivity index is 2.23. The summed E-state index contributed by atoms with van der Waals surface area (Å²) in [6.45, 7) is 0.798. The van der Waals surface area contributed by atoms with Crippen LogP contribution in [-0.4, -0.2) is 33.8 Å². The van der Waals surface area contributed by atoms with Gasteiger partial charge in [0, 0.05) is 18.3 Å². The summed E-state index contributed by atoms with van der Waals surface area (Å²) in [5.74, 6) is 0.0706. The number of halogens is 1. The molecule has 1 heterocycles. The maximum atomic E-state index is 11.7.